The van der Waals surface area contributed by atoms with Crippen molar-refractivity contribution in [2.75, 3.05) is 49.9 Å². The van der Waals surface area contributed by atoms with Crippen molar-refractivity contribution in [3.05, 3.63) is 36.5 Å². The van der Waals surface area contributed by atoms with Crippen LogP contribution in [0, 0.1) is 0 Å². The zero-order chi connectivity index (χ0) is 38.7. The molecule has 0 saturated carbocycles. The molecular weight excluding hydrogens is 709 g/mol. The van der Waals surface area contributed by atoms with Crippen molar-refractivity contribution in [1.82, 2.24) is 31.1 Å². The largest absolute Gasteiger partial charge is 0.389 e. The maximum absolute atomic E-state index is 12.3. The van der Waals surface area contributed by atoms with Gasteiger partial charge >= 0.3 is 0 Å². The summed E-state index contributed by atoms with van der Waals surface area (Å²) in [6.07, 6.45) is 6.81. The van der Waals surface area contributed by atoms with Gasteiger partial charge in [0.05, 0.1) is 4.99 Å². The maximum atomic E-state index is 12.3. The molecule has 0 spiro atoms. The van der Waals surface area contributed by atoms with Gasteiger partial charge in [0.1, 0.15) is 0 Å². The second-order valence-electron chi connectivity index (χ2n) is 12.4. The molecule has 0 atom stereocenters. The quantitative estimate of drug-likeness (QED) is 0.0266. The van der Waals surface area contributed by atoms with Crippen molar-refractivity contribution < 1.29 is 34.8 Å². The lowest BCUT2D eigenvalue weighted by molar-refractivity contribution is -0.166. The second-order valence-corrected chi connectivity index (χ2v) is 13.4. The number of amides is 4. The fourth-order valence-electron chi connectivity index (χ4n) is 4.72. The summed E-state index contributed by atoms with van der Waals surface area (Å²) >= 11 is 10.4. The van der Waals surface area contributed by atoms with Crippen LogP contribution in [-0.2, 0) is 19.2 Å². The topological polar surface area (TPSA) is 199 Å². The molecule has 0 bridgehead atoms. The fraction of sp³-hybridized carbons (Fsp3) is 0.600. The molecule has 1 aromatic carbocycles. The molecule has 0 aliphatic rings. The number of benzene rings is 1. The first-order chi connectivity index (χ1) is 24.8. The first kappa shape index (κ1) is 46.1. The molecule has 17 heteroatoms. The van der Waals surface area contributed by atoms with Gasteiger partial charge in [-0.05, 0) is 108 Å². The minimum absolute atomic E-state index is 0.0234. The van der Waals surface area contributed by atoms with E-state index in [1.165, 1.54) is 6.92 Å². The lowest BCUT2D eigenvalue weighted by Crippen LogP contribution is -2.31. The summed E-state index contributed by atoms with van der Waals surface area (Å²) < 4.78 is 0. The van der Waals surface area contributed by atoms with Gasteiger partial charge < -0.3 is 26.6 Å². The lowest BCUT2D eigenvalue weighted by atomic mass is 10.2. The van der Waals surface area contributed by atoms with E-state index in [9.17, 15) is 34.8 Å². The van der Waals surface area contributed by atoms with Crippen LogP contribution in [0.25, 0.3) is 0 Å². The Hall–Kier alpha value is -3.90. The van der Waals surface area contributed by atoms with E-state index in [0.717, 1.165) is 48.5 Å². The molecular formula is C35H58N8O7S2. The van der Waals surface area contributed by atoms with Crippen LogP contribution >= 0.6 is 24.4 Å². The van der Waals surface area contributed by atoms with Crippen LogP contribution in [0.4, 0.5) is 11.4 Å². The Kier molecular flexibility index (Phi) is 24.6. The second kappa shape index (κ2) is 27.7. The molecule has 0 unspecified atom stereocenters. The number of unbranched alkanes of at least 4 members (excludes halogenated alkanes) is 6. The van der Waals surface area contributed by atoms with Crippen molar-refractivity contribution in [2.24, 2.45) is 0 Å². The highest BCUT2D eigenvalue weighted by Gasteiger charge is 2.14. The van der Waals surface area contributed by atoms with Crippen LogP contribution in [-0.4, -0.2) is 104 Å². The lowest BCUT2D eigenvalue weighted by Gasteiger charge is -2.16. The molecule has 8 N–H and O–H groups in total. The van der Waals surface area contributed by atoms with E-state index in [1.54, 1.807) is 0 Å². The summed E-state index contributed by atoms with van der Waals surface area (Å²) in [6, 6.07) is 7.63. The summed E-state index contributed by atoms with van der Waals surface area (Å²) in [5.74, 6) is -1.57. The van der Waals surface area contributed by atoms with Crippen LogP contribution in [0.15, 0.2) is 36.5 Å². The number of hydrogen-bond donors (Lipinski definition) is 8. The number of nitrogens with one attached hydrogen (secondary N) is 5. The molecule has 0 fully saturated rings. The summed E-state index contributed by atoms with van der Waals surface area (Å²) in [5.41, 5.74) is 2.46. The van der Waals surface area contributed by atoms with Gasteiger partial charge in [-0.25, -0.2) is 15.2 Å². The van der Waals surface area contributed by atoms with Crippen LogP contribution in [0.3, 0.4) is 0 Å². The van der Waals surface area contributed by atoms with E-state index >= 15 is 0 Å². The number of carbonyl (C=O) groups is 4. The van der Waals surface area contributed by atoms with Crippen molar-refractivity contribution in [3.63, 3.8) is 0 Å². The molecule has 15 nitrogen and oxygen atoms in total. The molecule has 0 saturated heterocycles. The van der Waals surface area contributed by atoms with Crippen LogP contribution in [0.2, 0.25) is 0 Å². The minimum atomic E-state index is -0.517. The molecule has 0 aromatic heterocycles. The zero-order valence-electron chi connectivity index (χ0n) is 30.6. The van der Waals surface area contributed by atoms with Gasteiger partial charge in [-0.3, -0.25) is 34.8 Å². The number of hydrogen-bond acceptors (Lipinski definition) is 10. The molecule has 0 aliphatic heterocycles. The first-order valence-corrected chi connectivity index (χ1v) is 18.7. The number of allylic oxidation sites excluding steroid dienone is 1. The van der Waals surface area contributed by atoms with Gasteiger partial charge in [0.15, 0.2) is 5.11 Å². The van der Waals surface area contributed by atoms with Crippen molar-refractivity contribution in [2.45, 2.75) is 97.3 Å². The van der Waals surface area contributed by atoms with E-state index in [-0.39, 0.29) is 50.7 Å². The Morgan fingerprint density at radius 3 is 1.54 bits per heavy atom. The number of hydroxylamine groups is 6. The highest BCUT2D eigenvalue weighted by molar-refractivity contribution is 7.80. The predicted molar refractivity (Wildman–Crippen MR) is 209 cm³/mol. The Balaban J connectivity index is 2.02. The van der Waals surface area contributed by atoms with Crippen molar-refractivity contribution in [1.29, 1.82) is 0 Å². The maximum Gasteiger partial charge on any atom is 0.246 e. The molecule has 52 heavy (non-hydrogen) atoms. The minimum Gasteiger partial charge on any atom is -0.389 e. The highest BCUT2D eigenvalue weighted by atomic mass is 32.1. The van der Waals surface area contributed by atoms with Gasteiger partial charge in [0, 0.05) is 82.5 Å². The SMILES string of the molecule is C=C(CCC(=O)N(O)CCCCCNC(=S)Nc1ccc(NC(C)=S)cc1)NCCCCCN(O)C(=O)CCC(=O)NCCCCCN(O)C(C)=O. The Morgan fingerprint density at radius 1 is 0.596 bits per heavy atom. The van der Waals surface area contributed by atoms with Gasteiger partial charge in [0.25, 0.3) is 0 Å². The summed E-state index contributed by atoms with van der Waals surface area (Å²) in [4.78, 5) is 48.0. The van der Waals surface area contributed by atoms with E-state index in [0.29, 0.717) is 77.7 Å². The van der Waals surface area contributed by atoms with Gasteiger partial charge in [0.2, 0.25) is 23.6 Å². The Labute approximate surface area is 318 Å². The predicted octanol–water partition coefficient (Wildman–Crippen LogP) is 4.70. The van der Waals surface area contributed by atoms with Crippen molar-refractivity contribution in [3.8, 4) is 0 Å². The average Bonchev–Trinajstić information content (AvgIpc) is 3.10. The van der Waals surface area contributed by atoms with Crippen molar-refractivity contribution >= 4 is 69.5 Å². The van der Waals surface area contributed by atoms with Crippen LogP contribution in [0.1, 0.15) is 97.3 Å². The highest BCUT2D eigenvalue weighted by Crippen LogP contribution is 2.14. The summed E-state index contributed by atoms with van der Waals surface area (Å²) in [7, 11) is 0. The monoisotopic (exact) mass is 766 g/mol. The molecule has 1 rings (SSSR count). The molecule has 1 aromatic rings. The van der Waals surface area contributed by atoms with Gasteiger partial charge in [-0.1, -0.05) is 18.8 Å². The standard InChI is InChI=1S/C35H58N8O7S2/c1-27(36-21-7-4-11-26-43(50)34(47)20-18-32(45)37-22-8-5-10-24-41(48)29(3)44)13-19-33(46)42(49)25-12-6-9-23-38-35(52)40-31-16-14-30(15-17-31)39-28(2)51/h14-17,36,48-50H,1,4-13,18-26H2,2-3H3,(H,37,45)(H,39,51)(H2,38,40,52). The van der Waals surface area contributed by atoms with Crippen LogP contribution in [0.5, 0.6) is 0 Å². The number of thiocarbonyl (C=S) groups is 2. The average molecular weight is 767 g/mol. The first-order valence-electron chi connectivity index (χ1n) is 17.8. The third-order valence-corrected chi connectivity index (χ3v) is 8.08. The van der Waals surface area contributed by atoms with E-state index in [2.05, 4.69) is 33.2 Å². The number of rotatable bonds is 27. The Bertz CT molecular complexity index is 1290. The van der Waals surface area contributed by atoms with E-state index in [1.807, 2.05) is 31.2 Å². The molecule has 292 valence electrons. The molecule has 0 heterocycles. The fourth-order valence-corrected chi connectivity index (χ4v) is 5.06. The van der Waals surface area contributed by atoms with Crippen LogP contribution < -0.4 is 26.6 Å². The zero-order valence-corrected chi connectivity index (χ0v) is 32.2. The van der Waals surface area contributed by atoms with Gasteiger partial charge in [-0.2, -0.15) is 0 Å². The van der Waals surface area contributed by atoms with E-state index < -0.39 is 11.8 Å². The van der Waals surface area contributed by atoms with Gasteiger partial charge in [-0.15, -0.1) is 0 Å². The molecule has 0 aliphatic carbocycles. The molecule has 0 radical (unpaired) electrons. The number of carbonyl (C=O) groups excluding carboxylic acids is 4. The molecule has 4 amide bonds. The Morgan fingerprint density at radius 2 is 1.04 bits per heavy atom. The third-order valence-electron chi connectivity index (χ3n) is 7.73. The van der Waals surface area contributed by atoms with E-state index in [4.69, 9.17) is 24.4 Å². The summed E-state index contributed by atoms with van der Waals surface area (Å²) in [6.45, 7) is 9.40. The number of anilines is 2. The third kappa shape index (κ3) is 23.6. The number of nitrogens with zero attached hydrogens (tertiary/aromatic N) is 3. The smallest absolute Gasteiger partial charge is 0.246 e. The normalized spacial score (nSPS) is 10.5. The summed E-state index contributed by atoms with van der Waals surface area (Å²) in [5, 5.41) is 47.2.